The molecule has 0 saturated carbocycles. The molecule has 0 aromatic heterocycles. The largest absolute Gasteiger partial charge is 0.484 e. The molecule has 1 aromatic rings. The number of halogens is 1. The van der Waals surface area contributed by atoms with E-state index in [9.17, 15) is 9.59 Å². The van der Waals surface area contributed by atoms with E-state index in [1.54, 1.807) is 24.3 Å². The number of carbonyl (C=O) groups excluding carboxylic acids is 2. The minimum absolute atomic E-state index is 0.0222. The van der Waals surface area contributed by atoms with Crippen LogP contribution in [-0.2, 0) is 9.59 Å². The van der Waals surface area contributed by atoms with E-state index in [4.69, 9.17) is 16.3 Å². The van der Waals surface area contributed by atoms with Gasteiger partial charge in [0.1, 0.15) is 5.75 Å². The number of hydrogen-bond donors (Lipinski definition) is 0. The molecular weight excluding hydrogens is 366 g/mol. The van der Waals surface area contributed by atoms with Gasteiger partial charge < -0.3 is 14.5 Å². The van der Waals surface area contributed by atoms with Crippen LogP contribution >= 0.6 is 11.6 Å². The van der Waals surface area contributed by atoms with E-state index < -0.39 is 0 Å². The Hall–Kier alpha value is -1.79. The minimum Gasteiger partial charge on any atom is -0.484 e. The second kappa shape index (κ2) is 9.95. The van der Waals surface area contributed by atoms with Crippen molar-refractivity contribution in [2.45, 2.75) is 25.7 Å². The molecule has 2 aliphatic rings. The van der Waals surface area contributed by atoms with Gasteiger partial charge in [0, 0.05) is 44.3 Å². The van der Waals surface area contributed by atoms with E-state index in [1.807, 2.05) is 9.80 Å². The molecule has 7 heteroatoms. The molecule has 6 nitrogen and oxygen atoms in total. The molecule has 0 atom stereocenters. The standard InChI is InChI=1S/C20H28ClN3O3/c21-17-5-7-18(8-6-17)27-16-20(26)24-13-11-22(12-14-24)15-19(25)23-9-3-1-2-4-10-23/h5-8H,1-4,9-16H2. The molecule has 0 N–H and O–H groups in total. The van der Waals surface area contributed by atoms with Crippen LogP contribution in [0.4, 0.5) is 0 Å². The van der Waals surface area contributed by atoms with Gasteiger partial charge in [-0.1, -0.05) is 24.4 Å². The number of piperazine rings is 1. The lowest BCUT2D eigenvalue weighted by Gasteiger charge is -2.35. The fourth-order valence-electron chi connectivity index (χ4n) is 3.53. The van der Waals surface area contributed by atoms with Gasteiger partial charge in [0.2, 0.25) is 5.91 Å². The molecule has 2 amide bonds. The summed E-state index contributed by atoms with van der Waals surface area (Å²) in [6.07, 6.45) is 4.68. The van der Waals surface area contributed by atoms with Crippen LogP contribution in [0.2, 0.25) is 5.02 Å². The third kappa shape index (κ3) is 6.11. The molecule has 0 spiro atoms. The lowest BCUT2D eigenvalue weighted by molar-refractivity contribution is -0.136. The number of hydrogen-bond acceptors (Lipinski definition) is 4. The molecule has 2 heterocycles. The first-order chi connectivity index (χ1) is 13.1. The Morgan fingerprint density at radius 1 is 0.815 bits per heavy atom. The predicted octanol–water partition coefficient (Wildman–Crippen LogP) is 2.27. The van der Waals surface area contributed by atoms with Crippen molar-refractivity contribution in [1.29, 1.82) is 0 Å². The zero-order valence-corrected chi connectivity index (χ0v) is 16.5. The van der Waals surface area contributed by atoms with Crippen LogP contribution in [0.15, 0.2) is 24.3 Å². The highest BCUT2D eigenvalue weighted by Crippen LogP contribution is 2.16. The molecule has 0 radical (unpaired) electrons. The van der Waals surface area contributed by atoms with Gasteiger partial charge in [0.15, 0.2) is 6.61 Å². The quantitative estimate of drug-likeness (QED) is 0.770. The average molecular weight is 394 g/mol. The number of rotatable bonds is 5. The Bertz CT molecular complexity index is 622. The SMILES string of the molecule is O=C(COc1ccc(Cl)cc1)N1CCN(CC(=O)N2CCCCCC2)CC1. The number of amides is 2. The highest BCUT2D eigenvalue weighted by Gasteiger charge is 2.24. The number of ether oxygens (including phenoxy) is 1. The van der Waals surface area contributed by atoms with Gasteiger partial charge in [-0.15, -0.1) is 0 Å². The Balaban J connectivity index is 1.38. The Morgan fingerprint density at radius 2 is 1.41 bits per heavy atom. The summed E-state index contributed by atoms with van der Waals surface area (Å²) >= 11 is 5.84. The summed E-state index contributed by atoms with van der Waals surface area (Å²) < 4.78 is 5.53. The smallest absolute Gasteiger partial charge is 0.260 e. The fraction of sp³-hybridized carbons (Fsp3) is 0.600. The second-order valence-corrected chi connectivity index (χ2v) is 7.63. The average Bonchev–Trinajstić information content (AvgIpc) is 2.97. The second-order valence-electron chi connectivity index (χ2n) is 7.19. The number of likely N-dealkylation sites (tertiary alicyclic amines) is 1. The third-order valence-corrected chi connectivity index (χ3v) is 5.47. The van der Waals surface area contributed by atoms with Crippen LogP contribution in [0.5, 0.6) is 5.75 Å². The van der Waals surface area contributed by atoms with Crippen molar-refractivity contribution in [3.05, 3.63) is 29.3 Å². The molecule has 2 aliphatic heterocycles. The lowest BCUT2D eigenvalue weighted by atomic mass is 10.2. The summed E-state index contributed by atoms with van der Waals surface area (Å²) in [7, 11) is 0. The van der Waals surface area contributed by atoms with E-state index >= 15 is 0 Å². The van der Waals surface area contributed by atoms with E-state index in [0.717, 1.165) is 39.0 Å². The summed E-state index contributed by atoms with van der Waals surface area (Å²) in [6.45, 7) is 4.99. The fourth-order valence-corrected chi connectivity index (χ4v) is 3.66. The maximum Gasteiger partial charge on any atom is 0.260 e. The van der Waals surface area contributed by atoms with E-state index in [2.05, 4.69) is 4.90 Å². The van der Waals surface area contributed by atoms with Gasteiger partial charge in [0.05, 0.1) is 6.54 Å². The topological polar surface area (TPSA) is 53.1 Å². The molecular formula is C20H28ClN3O3. The lowest BCUT2D eigenvalue weighted by Crippen LogP contribution is -2.52. The van der Waals surface area contributed by atoms with Gasteiger partial charge in [-0.25, -0.2) is 0 Å². The van der Waals surface area contributed by atoms with Crippen LogP contribution in [0.1, 0.15) is 25.7 Å². The Kier molecular flexibility index (Phi) is 7.35. The van der Waals surface area contributed by atoms with Gasteiger partial charge in [0.25, 0.3) is 5.91 Å². The Morgan fingerprint density at radius 3 is 2.04 bits per heavy atom. The van der Waals surface area contributed by atoms with Crippen LogP contribution < -0.4 is 4.74 Å². The maximum absolute atomic E-state index is 12.5. The van der Waals surface area contributed by atoms with Crippen LogP contribution in [0, 0.1) is 0 Å². The monoisotopic (exact) mass is 393 g/mol. The minimum atomic E-state index is -0.0246. The van der Waals surface area contributed by atoms with Gasteiger partial charge >= 0.3 is 0 Å². The summed E-state index contributed by atoms with van der Waals surface area (Å²) in [4.78, 5) is 30.8. The summed E-state index contributed by atoms with van der Waals surface area (Å²) in [6, 6.07) is 6.98. The highest BCUT2D eigenvalue weighted by molar-refractivity contribution is 6.30. The first-order valence-electron chi connectivity index (χ1n) is 9.78. The molecule has 0 bridgehead atoms. The predicted molar refractivity (Wildman–Crippen MR) is 105 cm³/mol. The van der Waals surface area contributed by atoms with Gasteiger partial charge in [-0.2, -0.15) is 0 Å². The first kappa shape index (κ1) is 20.0. The number of benzene rings is 1. The van der Waals surface area contributed by atoms with Crippen LogP contribution in [0.3, 0.4) is 0 Å². The zero-order chi connectivity index (χ0) is 19.1. The summed E-state index contributed by atoms with van der Waals surface area (Å²) in [5.41, 5.74) is 0. The molecule has 2 saturated heterocycles. The molecule has 3 rings (SSSR count). The van der Waals surface area contributed by atoms with Crippen molar-refractivity contribution in [2.75, 3.05) is 52.4 Å². The molecule has 0 aliphatic carbocycles. The van der Waals surface area contributed by atoms with Gasteiger partial charge in [-0.05, 0) is 37.1 Å². The van der Waals surface area contributed by atoms with Crippen molar-refractivity contribution in [2.24, 2.45) is 0 Å². The molecule has 2 fully saturated rings. The summed E-state index contributed by atoms with van der Waals surface area (Å²) in [5, 5.41) is 0.638. The third-order valence-electron chi connectivity index (χ3n) is 5.22. The van der Waals surface area contributed by atoms with E-state index in [0.29, 0.717) is 30.4 Å². The molecule has 148 valence electrons. The molecule has 27 heavy (non-hydrogen) atoms. The number of nitrogens with zero attached hydrogens (tertiary/aromatic N) is 3. The number of carbonyl (C=O) groups is 2. The van der Waals surface area contributed by atoms with Gasteiger partial charge in [-0.3, -0.25) is 14.5 Å². The van der Waals surface area contributed by atoms with Crippen molar-refractivity contribution >= 4 is 23.4 Å². The van der Waals surface area contributed by atoms with Crippen molar-refractivity contribution in [3.63, 3.8) is 0 Å². The maximum atomic E-state index is 12.5. The van der Waals surface area contributed by atoms with Crippen molar-refractivity contribution in [3.8, 4) is 5.75 Å². The van der Waals surface area contributed by atoms with Crippen LogP contribution in [0.25, 0.3) is 0 Å². The van der Waals surface area contributed by atoms with Crippen molar-refractivity contribution < 1.29 is 14.3 Å². The normalized spacial score (nSPS) is 18.9. The Labute approximate surface area is 166 Å². The highest BCUT2D eigenvalue weighted by atomic mass is 35.5. The van der Waals surface area contributed by atoms with Crippen LogP contribution in [-0.4, -0.2) is 78.9 Å². The molecule has 1 aromatic carbocycles. The zero-order valence-electron chi connectivity index (χ0n) is 15.7. The summed E-state index contributed by atoms with van der Waals surface area (Å²) in [5.74, 6) is 0.834. The van der Waals surface area contributed by atoms with E-state index in [1.165, 1.54) is 12.8 Å². The van der Waals surface area contributed by atoms with Crippen molar-refractivity contribution in [1.82, 2.24) is 14.7 Å². The van der Waals surface area contributed by atoms with E-state index in [-0.39, 0.29) is 18.4 Å². The first-order valence-corrected chi connectivity index (χ1v) is 10.2. The molecule has 0 unspecified atom stereocenters.